The number of hydrogen-bond donors (Lipinski definition) is 2. The summed E-state index contributed by atoms with van der Waals surface area (Å²) < 4.78 is 10.7. The molecule has 1 aliphatic rings. The molecule has 1 fully saturated rings. The Morgan fingerprint density at radius 1 is 1.03 bits per heavy atom. The number of nitrogens with zero attached hydrogens (tertiary/aromatic N) is 1. The fraction of sp³-hybridized carbons (Fsp3) is 0.435. The van der Waals surface area contributed by atoms with Gasteiger partial charge in [-0.2, -0.15) is 0 Å². The summed E-state index contributed by atoms with van der Waals surface area (Å²) in [6.45, 7) is 5.85. The van der Waals surface area contributed by atoms with Gasteiger partial charge in [-0.15, -0.1) is 0 Å². The highest BCUT2D eigenvalue weighted by molar-refractivity contribution is 5.92. The molecule has 0 atom stereocenters. The van der Waals surface area contributed by atoms with E-state index < -0.39 is 0 Å². The zero-order chi connectivity index (χ0) is 20.5. The lowest BCUT2D eigenvalue weighted by atomic mass is 9.99. The first-order valence-electron chi connectivity index (χ1n) is 10.3. The van der Waals surface area contributed by atoms with Crippen LogP contribution in [0.3, 0.4) is 0 Å². The number of nitrogens with one attached hydrogen (secondary N) is 2. The van der Waals surface area contributed by atoms with E-state index in [0.29, 0.717) is 13.2 Å². The highest BCUT2D eigenvalue weighted by Crippen LogP contribution is 2.24. The molecule has 0 bridgehead atoms. The maximum absolute atomic E-state index is 12.1. The van der Waals surface area contributed by atoms with Crippen molar-refractivity contribution in [2.24, 2.45) is 5.92 Å². The molecule has 0 aliphatic carbocycles. The average Bonchev–Trinajstić information content (AvgIpc) is 2.75. The normalized spacial score (nSPS) is 14.5. The van der Waals surface area contributed by atoms with E-state index >= 15 is 0 Å². The number of carbonyl (C=O) groups excluding carboxylic acids is 1. The summed E-state index contributed by atoms with van der Waals surface area (Å²) in [5.74, 6) is 2.33. The van der Waals surface area contributed by atoms with Gasteiger partial charge >= 0.3 is 0 Å². The summed E-state index contributed by atoms with van der Waals surface area (Å²) in [6, 6.07) is 15.5. The fourth-order valence-corrected chi connectivity index (χ4v) is 3.34. The summed E-state index contributed by atoms with van der Waals surface area (Å²) in [5, 5.41) is 6.02. The van der Waals surface area contributed by atoms with Crippen LogP contribution in [0.2, 0.25) is 0 Å². The zero-order valence-corrected chi connectivity index (χ0v) is 17.3. The van der Waals surface area contributed by atoms with Crippen LogP contribution in [0.5, 0.6) is 11.5 Å². The number of rotatable bonds is 9. The molecule has 1 heterocycles. The topological polar surface area (TPSA) is 62.8 Å². The van der Waals surface area contributed by atoms with Crippen LogP contribution in [0.1, 0.15) is 19.8 Å². The number of anilines is 2. The Balaban J connectivity index is 1.32. The number of carbonyl (C=O) groups is 1. The first-order chi connectivity index (χ1) is 14.1. The van der Waals surface area contributed by atoms with Crippen molar-refractivity contribution in [2.45, 2.75) is 19.8 Å². The Bertz CT molecular complexity index is 754. The first-order valence-corrected chi connectivity index (χ1v) is 10.3. The molecular weight excluding hydrogens is 366 g/mol. The van der Waals surface area contributed by atoms with E-state index in [1.54, 1.807) is 7.11 Å². The average molecular weight is 398 g/mol. The summed E-state index contributed by atoms with van der Waals surface area (Å²) in [4.78, 5) is 14.5. The quantitative estimate of drug-likeness (QED) is 0.634. The Morgan fingerprint density at radius 2 is 1.69 bits per heavy atom. The van der Waals surface area contributed by atoms with Gasteiger partial charge < -0.3 is 25.0 Å². The molecular formula is C23H31N3O3. The molecule has 156 valence electrons. The highest BCUT2D eigenvalue weighted by atomic mass is 16.5. The number of piperidine rings is 1. The highest BCUT2D eigenvalue weighted by Gasteiger charge is 2.15. The molecule has 0 spiro atoms. The summed E-state index contributed by atoms with van der Waals surface area (Å²) in [7, 11) is 1.63. The molecule has 2 N–H and O–H groups in total. The minimum absolute atomic E-state index is 0.0611. The van der Waals surface area contributed by atoms with Gasteiger partial charge in [-0.25, -0.2) is 0 Å². The number of benzene rings is 2. The second-order valence-electron chi connectivity index (χ2n) is 7.47. The van der Waals surface area contributed by atoms with E-state index in [-0.39, 0.29) is 12.5 Å². The molecule has 1 saturated heterocycles. The van der Waals surface area contributed by atoms with Gasteiger partial charge in [-0.1, -0.05) is 6.92 Å². The monoisotopic (exact) mass is 397 g/mol. The van der Waals surface area contributed by atoms with Crippen molar-refractivity contribution in [2.75, 3.05) is 50.1 Å². The van der Waals surface area contributed by atoms with Crippen LogP contribution < -0.4 is 25.0 Å². The SMILES string of the molecule is COc1ccc(OCCNCC(=O)Nc2ccc(N3CCC(C)CC3)cc2)cc1. The largest absolute Gasteiger partial charge is 0.497 e. The van der Waals surface area contributed by atoms with Gasteiger partial charge in [0.25, 0.3) is 0 Å². The molecule has 1 amide bonds. The van der Waals surface area contributed by atoms with E-state index in [9.17, 15) is 4.79 Å². The van der Waals surface area contributed by atoms with E-state index in [1.165, 1.54) is 18.5 Å². The van der Waals surface area contributed by atoms with Gasteiger partial charge in [-0.3, -0.25) is 4.79 Å². The second-order valence-corrected chi connectivity index (χ2v) is 7.47. The van der Waals surface area contributed by atoms with Gasteiger partial charge in [0, 0.05) is 31.0 Å². The molecule has 1 aliphatic heterocycles. The van der Waals surface area contributed by atoms with Crippen molar-refractivity contribution in [1.82, 2.24) is 5.32 Å². The molecule has 29 heavy (non-hydrogen) atoms. The molecule has 2 aromatic carbocycles. The standard InChI is InChI=1S/C23H31N3O3/c1-18-11-14-26(15-12-18)20-5-3-19(4-6-20)25-23(27)17-24-13-16-29-22-9-7-21(28-2)8-10-22/h3-10,18,24H,11-17H2,1-2H3,(H,25,27). The molecule has 2 aromatic rings. The Morgan fingerprint density at radius 3 is 2.34 bits per heavy atom. The molecule has 6 heteroatoms. The van der Waals surface area contributed by atoms with Crippen LogP contribution in [0.15, 0.2) is 48.5 Å². The van der Waals surface area contributed by atoms with Crippen molar-refractivity contribution in [3.05, 3.63) is 48.5 Å². The van der Waals surface area contributed by atoms with Gasteiger partial charge in [0.2, 0.25) is 5.91 Å². The molecule has 0 aromatic heterocycles. The Kier molecular flexibility index (Phi) is 7.76. The summed E-state index contributed by atoms with van der Waals surface area (Å²) in [5.41, 5.74) is 2.05. The predicted molar refractivity (Wildman–Crippen MR) is 117 cm³/mol. The maximum Gasteiger partial charge on any atom is 0.238 e. The minimum atomic E-state index is -0.0611. The predicted octanol–water partition coefficient (Wildman–Crippen LogP) is 3.54. The van der Waals surface area contributed by atoms with Gasteiger partial charge in [-0.05, 0) is 67.3 Å². The van der Waals surface area contributed by atoms with Gasteiger partial charge in [0.1, 0.15) is 18.1 Å². The van der Waals surface area contributed by atoms with Crippen LogP contribution in [0.4, 0.5) is 11.4 Å². The van der Waals surface area contributed by atoms with Crippen LogP contribution in [-0.4, -0.2) is 45.8 Å². The third-order valence-corrected chi connectivity index (χ3v) is 5.19. The van der Waals surface area contributed by atoms with E-state index in [4.69, 9.17) is 9.47 Å². The number of hydrogen-bond acceptors (Lipinski definition) is 5. The third kappa shape index (κ3) is 6.68. The zero-order valence-electron chi connectivity index (χ0n) is 17.3. The molecule has 0 unspecified atom stereocenters. The summed E-state index contributed by atoms with van der Waals surface area (Å²) in [6.07, 6.45) is 2.48. The Hall–Kier alpha value is -2.73. The van der Waals surface area contributed by atoms with Gasteiger partial charge in [0.05, 0.1) is 13.7 Å². The van der Waals surface area contributed by atoms with E-state index in [2.05, 4.69) is 34.6 Å². The smallest absolute Gasteiger partial charge is 0.238 e. The van der Waals surface area contributed by atoms with Crippen LogP contribution in [0, 0.1) is 5.92 Å². The molecule has 0 radical (unpaired) electrons. The third-order valence-electron chi connectivity index (χ3n) is 5.19. The molecule has 0 saturated carbocycles. The lowest BCUT2D eigenvalue weighted by Crippen LogP contribution is -2.32. The van der Waals surface area contributed by atoms with Gasteiger partial charge in [0.15, 0.2) is 0 Å². The first kappa shape index (κ1) is 21.0. The van der Waals surface area contributed by atoms with Crippen molar-refractivity contribution in [3.8, 4) is 11.5 Å². The van der Waals surface area contributed by atoms with E-state index in [0.717, 1.165) is 36.2 Å². The van der Waals surface area contributed by atoms with E-state index in [1.807, 2.05) is 36.4 Å². The number of methoxy groups -OCH3 is 1. The van der Waals surface area contributed by atoms with Crippen molar-refractivity contribution in [1.29, 1.82) is 0 Å². The van der Waals surface area contributed by atoms with Crippen molar-refractivity contribution >= 4 is 17.3 Å². The van der Waals surface area contributed by atoms with Crippen molar-refractivity contribution < 1.29 is 14.3 Å². The molecule has 3 rings (SSSR count). The van der Waals surface area contributed by atoms with Crippen LogP contribution >= 0.6 is 0 Å². The maximum atomic E-state index is 12.1. The van der Waals surface area contributed by atoms with Crippen molar-refractivity contribution in [3.63, 3.8) is 0 Å². The Labute approximate surface area is 173 Å². The van der Waals surface area contributed by atoms with Crippen LogP contribution in [0.25, 0.3) is 0 Å². The van der Waals surface area contributed by atoms with Crippen LogP contribution in [-0.2, 0) is 4.79 Å². The lowest BCUT2D eigenvalue weighted by Gasteiger charge is -2.32. The number of amides is 1. The molecule has 6 nitrogen and oxygen atoms in total. The minimum Gasteiger partial charge on any atom is -0.497 e. The second kappa shape index (κ2) is 10.7. The number of ether oxygens (including phenoxy) is 2. The summed E-state index contributed by atoms with van der Waals surface area (Å²) >= 11 is 0. The fourth-order valence-electron chi connectivity index (χ4n) is 3.34. The lowest BCUT2D eigenvalue weighted by molar-refractivity contribution is -0.115.